The van der Waals surface area contributed by atoms with Crippen LogP contribution < -0.4 is 15.6 Å². The molecule has 1 saturated heterocycles. The smallest absolute Gasteiger partial charge is 0.407 e. The van der Waals surface area contributed by atoms with Gasteiger partial charge in [-0.1, -0.05) is 11.6 Å². The minimum Gasteiger partial charge on any atom is -0.477 e. The van der Waals surface area contributed by atoms with Gasteiger partial charge in [0.25, 0.3) is 0 Å². The Kier molecular flexibility index (Phi) is 7.44. The maximum absolute atomic E-state index is 15.2. The number of carboxylic acids is 1. The minimum absolute atomic E-state index is 0.0205. The number of pyridine rings is 1. The zero-order chi connectivity index (χ0) is 26.9. The number of imidazole rings is 1. The van der Waals surface area contributed by atoms with Crippen LogP contribution in [0.5, 0.6) is 0 Å². The van der Waals surface area contributed by atoms with Crippen molar-refractivity contribution in [2.75, 3.05) is 18.0 Å². The molecule has 1 atom stereocenters. The number of benzene rings is 1. The number of halogens is 2. The number of aromatic nitrogens is 3. The Morgan fingerprint density at radius 3 is 2.57 bits per heavy atom. The molecule has 2 aromatic heterocycles. The number of carbonyl (C=O) groups excluding carboxylic acids is 1. The van der Waals surface area contributed by atoms with Crippen LogP contribution in [0, 0.1) is 5.82 Å². The summed E-state index contributed by atoms with van der Waals surface area (Å²) in [5.74, 6) is -2.06. The van der Waals surface area contributed by atoms with Crippen molar-refractivity contribution in [2.45, 2.75) is 57.7 Å². The van der Waals surface area contributed by atoms with Crippen molar-refractivity contribution in [3.8, 4) is 0 Å². The third-order valence-electron chi connectivity index (χ3n) is 5.99. The summed E-state index contributed by atoms with van der Waals surface area (Å²) in [6.07, 6.45) is 8.06. The van der Waals surface area contributed by atoms with Gasteiger partial charge in [-0.25, -0.2) is 19.0 Å². The number of ether oxygens (including phenoxy) is 1. The van der Waals surface area contributed by atoms with Crippen molar-refractivity contribution in [3.63, 3.8) is 0 Å². The molecule has 1 saturated carbocycles. The van der Waals surface area contributed by atoms with Gasteiger partial charge in [0, 0.05) is 37.7 Å². The average Bonchev–Trinajstić information content (AvgIpc) is 3.25. The van der Waals surface area contributed by atoms with E-state index in [-0.39, 0.29) is 28.2 Å². The molecule has 2 aliphatic rings. The first-order valence-electron chi connectivity index (χ1n) is 11.9. The second-order valence-electron chi connectivity index (χ2n) is 10.1. The standard InChI is InChI=1S/C22H25ClFN3O5.C3H4N2/c1-22(2,3)32-21(31)25-11-6-7-26(9-11)18-15(24)8-13-17(16(18)23)27(12-4-5-12)10-14(19(13)28)20(29)30;1-2-5-3-4-1/h8,10-12H,4-7,9H2,1-3H3,(H,25,31)(H,29,30);1-3H,(H,4,5). The van der Waals surface area contributed by atoms with E-state index in [0.717, 1.165) is 18.9 Å². The van der Waals surface area contributed by atoms with Crippen LogP contribution in [0.15, 0.2) is 35.8 Å². The Balaban J connectivity index is 0.000000572. The highest BCUT2D eigenvalue weighted by molar-refractivity contribution is 6.38. The fraction of sp³-hybridized carbons (Fsp3) is 0.440. The minimum atomic E-state index is -1.36. The number of aromatic carboxylic acids is 1. The van der Waals surface area contributed by atoms with Crippen LogP contribution in [-0.4, -0.2) is 56.4 Å². The summed E-state index contributed by atoms with van der Waals surface area (Å²) in [6.45, 7) is 6.08. The second-order valence-corrected chi connectivity index (χ2v) is 10.4. The Labute approximate surface area is 217 Å². The predicted molar refractivity (Wildman–Crippen MR) is 137 cm³/mol. The molecular weight excluding hydrogens is 505 g/mol. The van der Waals surface area contributed by atoms with Crippen molar-refractivity contribution in [3.05, 3.63) is 57.6 Å². The lowest BCUT2D eigenvalue weighted by molar-refractivity contribution is 0.0508. The topological polar surface area (TPSA) is 130 Å². The van der Waals surface area contributed by atoms with E-state index < -0.39 is 34.5 Å². The van der Waals surface area contributed by atoms with Gasteiger partial charge in [-0.3, -0.25) is 4.79 Å². The zero-order valence-electron chi connectivity index (χ0n) is 20.8. The van der Waals surface area contributed by atoms with Crippen LogP contribution in [0.4, 0.5) is 14.9 Å². The third-order valence-corrected chi connectivity index (χ3v) is 6.34. The van der Waals surface area contributed by atoms with Crippen LogP contribution in [0.2, 0.25) is 5.02 Å². The number of hydrogen-bond donors (Lipinski definition) is 3. The summed E-state index contributed by atoms with van der Waals surface area (Å²) in [4.78, 5) is 44.4. The number of nitrogens with one attached hydrogen (secondary N) is 2. The van der Waals surface area contributed by atoms with Gasteiger partial charge in [0.05, 0.1) is 34.0 Å². The van der Waals surface area contributed by atoms with E-state index in [1.165, 1.54) is 6.20 Å². The molecule has 1 unspecified atom stereocenters. The molecule has 3 heterocycles. The summed E-state index contributed by atoms with van der Waals surface area (Å²) in [7, 11) is 0. The van der Waals surface area contributed by atoms with Gasteiger partial charge in [-0.2, -0.15) is 0 Å². The van der Waals surface area contributed by atoms with Crippen molar-refractivity contribution < 1.29 is 23.8 Å². The molecule has 3 aromatic rings. The normalized spacial score (nSPS) is 17.3. The number of hydrogen-bond acceptors (Lipinski definition) is 6. The predicted octanol–water partition coefficient (Wildman–Crippen LogP) is 4.34. The summed E-state index contributed by atoms with van der Waals surface area (Å²) in [5, 5.41) is 12.2. The molecule has 1 amide bonds. The molecule has 2 fully saturated rings. The monoisotopic (exact) mass is 533 g/mol. The average molecular weight is 534 g/mol. The fourth-order valence-electron chi connectivity index (χ4n) is 4.28. The number of anilines is 1. The lowest BCUT2D eigenvalue weighted by atomic mass is 10.1. The maximum atomic E-state index is 15.2. The van der Waals surface area contributed by atoms with Crippen LogP contribution in [-0.2, 0) is 4.74 Å². The van der Waals surface area contributed by atoms with E-state index in [1.807, 2.05) is 0 Å². The third kappa shape index (κ3) is 6.04. The zero-order valence-corrected chi connectivity index (χ0v) is 21.5. The number of rotatable bonds is 4. The number of fused-ring (bicyclic) bond motifs is 1. The van der Waals surface area contributed by atoms with E-state index in [9.17, 15) is 19.5 Å². The Morgan fingerprint density at radius 1 is 1.30 bits per heavy atom. The van der Waals surface area contributed by atoms with Crippen molar-refractivity contribution in [1.29, 1.82) is 0 Å². The quantitative estimate of drug-likeness (QED) is 0.455. The molecule has 198 valence electrons. The Bertz CT molecular complexity index is 1350. The highest BCUT2D eigenvalue weighted by atomic mass is 35.5. The molecule has 1 aromatic carbocycles. The molecule has 0 bridgehead atoms. The molecule has 10 nitrogen and oxygen atoms in total. The highest BCUT2D eigenvalue weighted by Gasteiger charge is 2.33. The molecule has 12 heteroatoms. The number of H-pyrrole nitrogens is 1. The van der Waals surface area contributed by atoms with E-state index in [1.54, 1.807) is 49.0 Å². The van der Waals surface area contributed by atoms with Crippen LogP contribution in [0.3, 0.4) is 0 Å². The number of nitrogens with zero attached hydrogens (tertiary/aromatic N) is 3. The summed E-state index contributed by atoms with van der Waals surface area (Å²) >= 11 is 6.65. The van der Waals surface area contributed by atoms with E-state index in [2.05, 4.69) is 15.3 Å². The van der Waals surface area contributed by atoms with E-state index >= 15 is 4.39 Å². The van der Waals surface area contributed by atoms with Gasteiger partial charge in [0.1, 0.15) is 17.0 Å². The number of carboxylic acid groups (broad SMARTS) is 1. The number of amides is 1. The Morgan fingerprint density at radius 2 is 2.03 bits per heavy atom. The van der Waals surface area contributed by atoms with E-state index in [4.69, 9.17) is 16.3 Å². The largest absolute Gasteiger partial charge is 0.477 e. The van der Waals surface area contributed by atoms with Gasteiger partial charge in [0.2, 0.25) is 5.43 Å². The van der Waals surface area contributed by atoms with Gasteiger partial charge in [-0.15, -0.1) is 0 Å². The van der Waals surface area contributed by atoms with Crippen molar-refractivity contribution in [2.24, 2.45) is 0 Å². The fourth-order valence-corrected chi connectivity index (χ4v) is 4.69. The van der Waals surface area contributed by atoms with Gasteiger partial charge in [0.15, 0.2) is 0 Å². The van der Waals surface area contributed by atoms with Crippen LogP contribution in [0.1, 0.15) is 56.4 Å². The lowest BCUT2D eigenvalue weighted by Crippen LogP contribution is -2.40. The molecule has 1 aliphatic heterocycles. The van der Waals surface area contributed by atoms with Crippen LogP contribution in [0.25, 0.3) is 10.9 Å². The second kappa shape index (κ2) is 10.4. The molecule has 37 heavy (non-hydrogen) atoms. The molecule has 0 spiro atoms. The van der Waals surface area contributed by atoms with Gasteiger partial charge in [-0.05, 0) is 46.1 Å². The summed E-state index contributed by atoms with van der Waals surface area (Å²) in [6, 6.07) is 0.835. The Hall–Kier alpha value is -3.60. The SMILES string of the molecule is CC(C)(C)OC(=O)NC1CCN(c2c(F)cc3c(=O)c(C(=O)O)cn(C4CC4)c3c2Cl)C1.c1c[nH]cn1. The number of carbonyl (C=O) groups is 2. The first-order valence-corrected chi connectivity index (χ1v) is 12.3. The lowest BCUT2D eigenvalue weighted by Gasteiger charge is -2.24. The highest BCUT2D eigenvalue weighted by Crippen LogP contribution is 2.42. The number of alkyl carbamates (subject to hydrolysis) is 1. The van der Waals surface area contributed by atoms with Crippen LogP contribution >= 0.6 is 11.6 Å². The molecule has 1 aliphatic carbocycles. The molecule has 0 radical (unpaired) electrons. The molecule has 3 N–H and O–H groups in total. The first-order chi connectivity index (χ1) is 17.5. The van der Waals surface area contributed by atoms with Gasteiger partial charge < -0.3 is 29.6 Å². The first kappa shape index (κ1) is 26.5. The summed E-state index contributed by atoms with van der Waals surface area (Å²) in [5.41, 5.74) is -1.32. The van der Waals surface area contributed by atoms with Gasteiger partial charge >= 0.3 is 12.1 Å². The number of aromatic amines is 1. The summed E-state index contributed by atoms with van der Waals surface area (Å²) < 4.78 is 22.1. The van der Waals surface area contributed by atoms with Crippen molar-refractivity contribution >= 4 is 40.3 Å². The molecule has 5 rings (SSSR count). The maximum Gasteiger partial charge on any atom is 0.407 e. The van der Waals surface area contributed by atoms with Crippen molar-refractivity contribution in [1.82, 2.24) is 19.9 Å². The van der Waals surface area contributed by atoms with E-state index in [0.29, 0.717) is 25.0 Å². The molecular formula is C25H29ClFN5O5.